The van der Waals surface area contributed by atoms with Crippen molar-refractivity contribution in [2.24, 2.45) is 0 Å². The van der Waals surface area contributed by atoms with Crippen molar-refractivity contribution in [3.63, 3.8) is 0 Å². The quantitative estimate of drug-likeness (QED) is 0.703. The van der Waals surface area contributed by atoms with Crippen molar-refractivity contribution in [1.82, 2.24) is 4.90 Å². The van der Waals surface area contributed by atoms with Gasteiger partial charge in [0.05, 0.1) is 12.7 Å². The van der Waals surface area contributed by atoms with E-state index in [0.717, 1.165) is 5.56 Å². The number of nitrogens with zero attached hydrogens (tertiary/aromatic N) is 1. The predicted molar refractivity (Wildman–Crippen MR) is 115 cm³/mol. The van der Waals surface area contributed by atoms with Gasteiger partial charge in [0.15, 0.2) is 0 Å². The molecule has 0 aromatic heterocycles. The van der Waals surface area contributed by atoms with Gasteiger partial charge in [-0.15, -0.1) is 0 Å². The Morgan fingerprint density at radius 3 is 2.50 bits per heavy atom. The van der Waals surface area contributed by atoms with Gasteiger partial charge in [0.25, 0.3) is 11.8 Å². The molecule has 3 aromatic carbocycles. The number of fused-ring (bicyclic) bond motifs is 3. The SMILES string of the molecule is COc1ccc2c(c1)[C@]1(Nc3ccccc3C(=O)N1CCc1ccccc1)C(=O)N2. The largest absolute Gasteiger partial charge is 0.497 e. The number of para-hydroxylation sites is 1. The lowest BCUT2D eigenvalue weighted by Crippen LogP contribution is -2.61. The van der Waals surface area contributed by atoms with E-state index in [1.807, 2.05) is 60.7 Å². The van der Waals surface area contributed by atoms with Crippen LogP contribution in [-0.2, 0) is 16.9 Å². The molecule has 2 heterocycles. The molecule has 0 bridgehead atoms. The van der Waals surface area contributed by atoms with E-state index in [9.17, 15) is 9.59 Å². The highest BCUT2D eigenvalue weighted by Crippen LogP contribution is 2.46. The Hall–Kier alpha value is -3.80. The van der Waals surface area contributed by atoms with Crippen LogP contribution < -0.4 is 15.4 Å². The Morgan fingerprint density at radius 1 is 0.933 bits per heavy atom. The van der Waals surface area contributed by atoms with E-state index >= 15 is 0 Å². The zero-order valence-electron chi connectivity index (χ0n) is 16.5. The molecule has 3 aromatic rings. The van der Waals surface area contributed by atoms with E-state index in [1.54, 1.807) is 24.1 Å². The van der Waals surface area contributed by atoms with Gasteiger partial charge in [-0.25, -0.2) is 0 Å². The lowest BCUT2D eigenvalue weighted by atomic mass is 9.92. The van der Waals surface area contributed by atoms with Crippen LogP contribution in [0.15, 0.2) is 72.8 Å². The highest BCUT2D eigenvalue weighted by atomic mass is 16.5. The molecule has 1 spiro atoms. The minimum absolute atomic E-state index is 0.175. The molecule has 0 saturated carbocycles. The van der Waals surface area contributed by atoms with Crippen LogP contribution in [0, 0.1) is 0 Å². The van der Waals surface area contributed by atoms with Gasteiger partial charge in [-0.1, -0.05) is 42.5 Å². The number of benzene rings is 3. The van der Waals surface area contributed by atoms with Gasteiger partial charge in [-0.2, -0.15) is 0 Å². The van der Waals surface area contributed by atoms with Gasteiger partial charge in [0, 0.05) is 23.5 Å². The molecule has 0 radical (unpaired) electrons. The number of amides is 2. The van der Waals surface area contributed by atoms with Crippen LogP contribution in [0.3, 0.4) is 0 Å². The second-order valence-electron chi connectivity index (χ2n) is 7.44. The van der Waals surface area contributed by atoms with Crippen molar-refractivity contribution >= 4 is 23.2 Å². The summed E-state index contributed by atoms with van der Waals surface area (Å²) in [6, 6.07) is 22.7. The topological polar surface area (TPSA) is 70.7 Å². The fourth-order valence-electron chi connectivity index (χ4n) is 4.28. The maximum Gasteiger partial charge on any atom is 0.276 e. The lowest BCUT2D eigenvalue weighted by Gasteiger charge is -2.44. The second kappa shape index (κ2) is 6.91. The first-order chi connectivity index (χ1) is 14.6. The van der Waals surface area contributed by atoms with Crippen molar-refractivity contribution in [3.05, 3.63) is 89.5 Å². The van der Waals surface area contributed by atoms with Gasteiger partial charge in [0.2, 0.25) is 5.66 Å². The fraction of sp³-hybridized carbons (Fsp3) is 0.167. The van der Waals surface area contributed by atoms with E-state index < -0.39 is 5.66 Å². The van der Waals surface area contributed by atoms with Crippen LogP contribution in [0.1, 0.15) is 21.5 Å². The van der Waals surface area contributed by atoms with Crippen LogP contribution in [-0.4, -0.2) is 30.4 Å². The summed E-state index contributed by atoms with van der Waals surface area (Å²) in [5.41, 5.74) is 2.32. The van der Waals surface area contributed by atoms with Crippen molar-refractivity contribution in [1.29, 1.82) is 0 Å². The van der Waals surface area contributed by atoms with Crippen LogP contribution in [0.5, 0.6) is 5.75 Å². The minimum Gasteiger partial charge on any atom is -0.497 e. The summed E-state index contributed by atoms with van der Waals surface area (Å²) in [6.07, 6.45) is 0.630. The van der Waals surface area contributed by atoms with Gasteiger partial charge in [-0.05, 0) is 42.3 Å². The summed E-state index contributed by atoms with van der Waals surface area (Å²) in [5.74, 6) is 0.175. The lowest BCUT2D eigenvalue weighted by molar-refractivity contribution is -0.125. The van der Waals surface area contributed by atoms with E-state index in [0.29, 0.717) is 41.2 Å². The summed E-state index contributed by atoms with van der Waals surface area (Å²) in [7, 11) is 1.58. The number of ether oxygens (including phenoxy) is 1. The number of carbonyl (C=O) groups is 2. The molecule has 0 fully saturated rings. The first kappa shape index (κ1) is 18.2. The molecule has 2 N–H and O–H groups in total. The molecule has 0 aliphatic carbocycles. The molecule has 5 rings (SSSR count). The summed E-state index contributed by atoms with van der Waals surface area (Å²) in [6.45, 7) is 0.383. The number of methoxy groups -OCH3 is 1. The van der Waals surface area contributed by atoms with E-state index in [1.165, 1.54) is 0 Å². The molecule has 150 valence electrons. The number of carbonyl (C=O) groups excluding carboxylic acids is 2. The third kappa shape index (κ3) is 2.64. The Bertz CT molecular complexity index is 1150. The van der Waals surface area contributed by atoms with E-state index in [-0.39, 0.29) is 11.8 Å². The van der Waals surface area contributed by atoms with E-state index in [2.05, 4.69) is 10.6 Å². The normalized spacial score (nSPS) is 19.2. The highest BCUT2D eigenvalue weighted by Gasteiger charge is 2.56. The fourth-order valence-corrected chi connectivity index (χ4v) is 4.28. The Morgan fingerprint density at radius 2 is 1.70 bits per heavy atom. The van der Waals surface area contributed by atoms with Crippen molar-refractivity contribution in [3.8, 4) is 5.75 Å². The van der Waals surface area contributed by atoms with Gasteiger partial charge in [-0.3, -0.25) is 9.59 Å². The third-order valence-electron chi connectivity index (χ3n) is 5.78. The second-order valence-corrected chi connectivity index (χ2v) is 7.44. The molecule has 30 heavy (non-hydrogen) atoms. The first-order valence-corrected chi connectivity index (χ1v) is 9.86. The van der Waals surface area contributed by atoms with E-state index in [4.69, 9.17) is 4.74 Å². The molecule has 0 saturated heterocycles. The number of hydrogen-bond donors (Lipinski definition) is 2. The number of rotatable bonds is 4. The van der Waals surface area contributed by atoms with Crippen molar-refractivity contribution in [2.75, 3.05) is 24.3 Å². The van der Waals surface area contributed by atoms with Crippen LogP contribution in [0.4, 0.5) is 11.4 Å². The highest BCUT2D eigenvalue weighted by molar-refractivity contribution is 6.14. The Balaban J connectivity index is 1.65. The molecular formula is C24H21N3O3. The number of hydrogen-bond acceptors (Lipinski definition) is 4. The summed E-state index contributed by atoms with van der Waals surface area (Å²) in [4.78, 5) is 28.6. The van der Waals surface area contributed by atoms with Gasteiger partial charge in [0.1, 0.15) is 5.75 Å². The molecule has 1 atom stereocenters. The molecule has 2 aliphatic rings. The van der Waals surface area contributed by atoms with Crippen LogP contribution in [0.25, 0.3) is 0 Å². The number of anilines is 2. The minimum atomic E-state index is -1.33. The standard InChI is InChI=1S/C24H21N3O3/c1-30-17-11-12-21-19(15-17)24(23(29)25-21)26-20-10-6-5-9-18(20)22(28)27(24)14-13-16-7-3-2-4-8-16/h2-12,15,26H,13-14H2,1H3,(H,25,29)/t24-/m1/s1. The zero-order chi connectivity index (χ0) is 20.7. The third-order valence-corrected chi connectivity index (χ3v) is 5.78. The maximum atomic E-state index is 13.6. The zero-order valence-corrected chi connectivity index (χ0v) is 16.5. The molecule has 2 aliphatic heterocycles. The van der Waals surface area contributed by atoms with Crippen LogP contribution in [0.2, 0.25) is 0 Å². The van der Waals surface area contributed by atoms with Crippen LogP contribution >= 0.6 is 0 Å². The number of nitrogens with one attached hydrogen (secondary N) is 2. The van der Waals surface area contributed by atoms with Crippen molar-refractivity contribution < 1.29 is 14.3 Å². The van der Waals surface area contributed by atoms with Gasteiger partial charge >= 0.3 is 0 Å². The van der Waals surface area contributed by atoms with Gasteiger partial charge < -0.3 is 20.3 Å². The monoisotopic (exact) mass is 399 g/mol. The smallest absolute Gasteiger partial charge is 0.276 e. The first-order valence-electron chi connectivity index (χ1n) is 9.86. The Labute approximate surface area is 174 Å². The Kier molecular flexibility index (Phi) is 4.20. The molecule has 6 heteroatoms. The average molecular weight is 399 g/mol. The molecule has 6 nitrogen and oxygen atoms in total. The van der Waals surface area contributed by atoms with Crippen molar-refractivity contribution in [2.45, 2.75) is 12.1 Å². The summed E-state index contributed by atoms with van der Waals surface area (Å²) in [5, 5.41) is 6.32. The average Bonchev–Trinajstić information content (AvgIpc) is 3.05. The molecular weight excluding hydrogens is 378 g/mol. The predicted octanol–water partition coefficient (Wildman–Crippen LogP) is 3.61. The summed E-state index contributed by atoms with van der Waals surface area (Å²) < 4.78 is 5.40. The summed E-state index contributed by atoms with van der Waals surface area (Å²) >= 11 is 0. The maximum absolute atomic E-state index is 13.6. The molecule has 0 unspecified atom stereocenters. The molecule has 2 amide bonds.